The van der Waals surface area contributed by atoms with Gasteiger partial charge in [-0.25, -0.2) is 8.42 Å². The lowest BCUT2D eigenvalue weighted by Crippen LogP contribution is -2.29. The van der Waals surface area contributed by atoms with Gasteiger partial charge >= 0.3 is 0 Å². The van der Waals surface area contributed by atoms with E-state index in [2.05, 4.69) is 23.9 Å². The summed E-state index contributed by atoms with van der Waals surface area (Å²) in [6, 6.07) is 11.7. The molecule has 0 saturated carbocycles. The van der Waals surface area contributed by atoms with Crippen LogP contribution >= 0.6 is 0 Å². The van der Waals surface area contributed by atoms with E-state index in [4.69, 9.17) is 0 Å². The summed E-state index contributed by atoms with van der Waals surface area (Å²) < 4.78 is 27.8. The quantitative estimate of drug-likeness (QED) is 0.569. The third-order valence-corrected chi connectivity index (χ3v) is 6.54. The van der Waals surface area contributed by atoms with E-state index < -0.39 is 10.0 Å². The van der Waals surface area contributed by atoms with Gasteiger partial charge in [-0.15, -0.1) is 0 Å². The molecule has 0 heterocycles. The van der Waals surface area contributed by atoms with Crippen molar-refractivity contribution in [2.75, 3.05) is 11.3 Å². The van der Waals surface area contributed by atoms with Crippen molar-refractivity contribution in [3.8, 4) is 0 Å². The molecule has 2 N–H and O–H groups in total. The summed E-state index contributed by atoms with van der Waals surface area (Å²) in [5, 5.41) is 3.01. The Labute approximate surface area is 175 Å². The Kier molecular flexibility index (Phi) is 8.26. The van der Waals surface area contributed by atoms with Crippen LogP contribution in [0.3, 0.4) is 0 Å². The number of amides is 1. The first-order chi connectivity index (χ1) is 13.8. The zero-order valence-electron chi connectivity index (χ0n) is 17.8. The number of carbonyl (C=O) groups excluding carboxylic acids is 1. The van der Waals surface area contributed by atoms with Crippen molar-refractivity contribution < 1.29 is 13.2 Å². The van der Waals surface area contributed by atoms with E-state index in [0.717, 1.165) is 24.8 Å². The second-order valence-electron chi connectivity index (χ2n) is 7.57. The highest BCUT2D eigenvalue weighted by molar-refractivity contribution is 7.92. The van der Waals surface area contributed by atoms with Gasteiger partial charge in [-0.2, -0.15) is 0 Å². The lowest BCUT2D eigenvalue weighted by atomic mass is 9.99. The smallest absolute Gasteiger partial charge is 0.261 e. The molecule has 0 aliphatic heterocycles. The fourth-order valence-corrected chi connectivity index (χ4v) is 4.25. The molecule has 0 bridgehead atoms. The highest BCUT2D eigenvalue weighted by atomic mass is 32.2. The number of benzene rings is 2. The fraction of sp³-hybridized carbons (Fsp3) is 0.435. The zero-order valence-corrected chi connectivity index (χ0v) is 18.6. The van der Waals surface area contributed by atoms with Crippen molar-refractivity contribution in [1.29, 1.82) is 0 Å². The minimum atomic E-state index is -3.67. The molecule has 0 saturated heterocycles. The number of hydrogen-bond donors (Lipinski definition) is 2. The summed E-state index contributed by atoms with van der Waals surface area (Å²) in [5.41, 5.74) is 2.70. The monoisotopic (exact) mass is 416 g/mol. The van der Waals surface area contributed by atoms with Crippen molar-refractivity contribution in [3.63, 3.8) is 0 Å². The van der Waals surface area contributed by atoms with Gasteiger partial charge in [0.25, 0.3) is 15.9 Å². The SMILES string of the molecule is CCCC[C@H](CC)CNC(=O)c1ccc(NS(=O)(=O)c2ccc(C)cc2)c(C)c1. The number of anilines is 1. The number of nitrogens with one attached hydrogen (secondary N) is 2. The van der Waals surface area contributed by atoms with Crippen LogP contribution in [0.25, 0.3) is 0 Å². The average molecular weight is 417 g/mol. The van der Waals surface area contributed by atoms with Gasteiger partial charge in [0.15, 0.2) is 0 Å². The summed E-state index contributed by atoms with van der Waals surface area (Å²) >= 11 is 0. The van der Waals surface area contributed by atoms with Crippen LogP contribution in [-0.4, -0.2) is 20.9 Å². The predicted molar refractivity (Wildman–Crippen MR) is 119 cm³/mol. The Morgan fingerprint density at radius 3 is 2.31 bits per heavy atom. The maximum atomic E-state index is 12.6. The van der Waals surface area contributed by atoms with Gasteiger partial charge in [-0.05, 0) is 62.1 Å². The highest BCUT2D eigenvalue weighted by Gasteiger charge is 2.16. The predicted octanol–water partition coefficient (Wildman–Crippen LogP) is 5.05. The molecule has 5 nitrogen and oxygen atoms in total. The molecule has 158 valence electrons. The second kappa shape index (κ2) is 10.4. The lowest BCUT2D eigenvalue weighted by molar-refractivity contribution is 0.0945. The van der Waals surface area contributed by atoms with Gasteiger partial charge in [-0.1, -0.05) is 50.8 Å². The lowest BCUT2D eigenvalue weighted by Gasteiger charge is -2.16. The van der Waals surface area contributed by atoms with Crippen LogP contribution in [0, 0.1) is 19.8 Å². The summed E-state index contributed by atoms with van der Waals surface area (Å²) in [6.45, 7) is 8.68. The molecule has 0 unspecified atom stereocenters. The third-order valence-electron chi connectivity index (χ3n) is 5.16. The number of aryl methyl sites for hydroxylation is 2. The van der Waals surface area contributed by atoms with Crippen molar-refractivity contribution >= 4 is 21.6 Å². The molecule has 2 aromatic carbocycles. The molecular weight excluding hydrogens is 384 g/mol. The van der Waals surface area contributed by atoms with Crippen LogP contribution in [0.15, 0.2) is 47.4 Å². The molecule has 0 fully saturated rings. The molecule has 6 heteroatoms. The van der Waals surface area contributed by atoms with Crippen LogP contribution in [0.1, 0.15) is 61.0 Å². The van der Waals surface area contributed by atoms with Gasteiger partial charge in [0.2, 0.25) is 0 Å². The Morgan fingerprint density at radius 1 is 1.03 bits per heavy atom. The fourth-order valence-electron chi connectivity index (χ4n) is 3.12. The van der Waals surface area contributed by atoms with Crippen molar-refractivity contribution in [2.24, 2.45) is 5.92 Å². The summed E-state index contributed by atoms with van der Waals surface area (Å²) in [6.07, 6.45) is 4.48. The molecule has 0 aromatic heterocycles. The average Bonchev–Trinajstić information content (AvgIpc) is 2.69. The topological polar surface area (TPSA) is 75.3 Å². The van der Waals surface area contributed by atoms with Gasteiger partial charge in [-0.3, -0.25) is 9.52 Å². The molecule has 2 rings (SSSR count). The maximum Gasteiger partial charge on any atom is 0.261 e. The standard InChI is InChI=1S/C23H32N2O3S/c1-5-7-8-19(6-2)16-24-23(26)20-11-14-22(18(4)15-20)25-29(27,28)21-12-9-17(3)10-13-21/h9-15,19,25H,5-8,16H2,1-4H3,(H,24,26)/t19-/m0/s1. The van der Waals surface area contributed by atoms with E-state index in [0.29, 0.717) is 29.3 Å². The molecule has 1 amide bonds. The van der Waals surface area contributed by atoms with Crippen LogP contribution in [0.4, 0.5) is 5.69 Å². The normalized spacial score (nSPS) is 12.4. The summed E-state index contributed by atoms with van der Waals surface area (Å²) in [4.78, 5) is 12.7. The van der Waals surface area contributed by atoms with E-state index in [-0.39, 0.29) is 10.8 Å². The van der Waals surface area contributed by atoms with Crippen LogP contribution in [0.5, 0.6) is 0 Å². The number of sulfonamides is 1. The molecule has 0 radical (unpaired) electrons. The van der Waals surface area contributed by atoms with Crippen molar-refractivity contribution in [2.45, 2.75) is 58.3 Å². The number of hydrogen-bond acceptors (Lipinski definition) is 3. The van der Waals surface area contributed by atoms with Crippen molar-refractivity contribution in [3.05, 3.63) is 59.2 Å². The maximum absolute atomic E-state index is 12.6. The van der Waals surface area contributed by atoms with Gasteiger partial charge < -0.3 is 5.32 Å². The van der Waals surface area contributed by atoms with Crippen LogP contribution in [-0.2, 0) is 10.0 Å². The number of carbonyl (C=O) groups is 1. The van der Waals surface area contributed by atoms with Crippen molar-refractivity contribution in [1.82, 2.24) is 5.32 Å². The van der Waals surface area contributed by atoms with Gasteiger partial charge in [0.1, 0.15) is 0 Å². The van der Waals surface area contributed by atoms with Gasteiger partial charge in [0, 0.05) is 12.1 Å². The minimum Gasteiger partial charge on any atom is -0.352 e. The molecule has 0 spiro atoms. The number of unbranched alkanes of at least 4 members (excludes halogenated alkanes) is 1. The second-order valence-corrected chi connectivity index (χ2v) is 9.26. The van der Waals surface area contributed by atoms with E-state index in [1.54, 1.807) is 49.4 Å². The first kappa shape index (κ1) is 22.9. The minimum absolute atomic E-state index is 0.129. The largest absolute Gasteiger partial charge is 0.352 e. The Balaban J connectivity index is 2.05. The third kappa shape index (κ3) is 6.60. The van der Waals surface area contributed by atoms with E-state index in [9.17, 15) is 13.2 Å². The Bertz CT molecular complexity index is 922. The summed E-state index contributed by atoms with van der Waals surface area (Å²) in [7, 11) is -3.67. The highest BCUT2D eigenvalue weighted by Crippen LogP contribution is 2.21. The molecule has 0 aliphatic rings. The number of rotatable bonds is 10. The first-order valence-electron chi connectivity index (χ1n) is 10.2. The van der Waals surface area contributed by atoms with E-state index in [1.807, 2.05) is 6.92 Å². The van der Waals surface area contributed by atoms with E-state index >= 15 is 0 Å². The molecule has 0 aliphatic carbocycles. The molecular formula is C23H32N2O3S. The molecule has 2 aromatic rings. The summed E-state index contributed by atoms with van der Waals surface area (Å²) in [5.74, 6) is 0.358. The van der Waals surface area contributed by atoms with Crippen LogP contribution < -0.4 is 10.0 Å². The Morgan fingerprint density at radius 2 is 1.72 bits per heavy atom. The van der Waals surface area contributed by atoms with E-state index in [1.165, 1.54) is 6.42 Å². The zero-order chi connectivity index (χ0) is 21.4. The van der Waals surface area contributed by atoms with Gasteiger partial charge in [0.05, 0.1) is 10.6 Å². The molecule has 1 atom stereocenters. The van der Waals surface area contributed by atoms with Crippen LogP contribution in [0.2, 0.25) is 0 Å². The molecule has 29 heavy (non-hydrogen) atoms. The first-order valence-corrected chi connectivity index (χ1v) is 11.7. The Hall–Kier alpha value is -2.34.